The highest BCUT2D eigenvalue weighted by molar-refractivity contribution is 5.90. The van der Waals surface area contributed by atoms with Crippen LogP contribution >= 0.6 is 0 Å². The Morgan fingerprint density at radius 1 is 0.647 bits per heavy atom. The van der Waals surface area contributed by atoms with Gasteiger partial charge in [-0.1, -0.05) is 132 Å². The topological polar surface area (TPSA) is 158 Å². The third-order valence-electron chi connectivity index (χ3n) is 8.55. The predicted molar refractivity (Wildman–Crippen MR) is 198 cm³/mol. The summed E-state index contributed by atoms with van der Waals surface area (Å²) in [6.45, 7) is 10.0. The van der Waals surface area contributed by atoms with Crippen molar-refractivity contribution in [3.8, 4) is 0 Å². The van der Waals surface area contributed by atoms with Gasteiger partial charge in [0.2, 0.25) is 17.7 Å². The molecule has 0 fully saturated rings. The van der Waals surface area contributed by atoms with Gasteiger partial charge in [-0.15, -0.1) is 0 Å². The summed E-state index contributed by atoms with van der Waals surface area (Å²) in [6, 6.07) is 24.0. The quantitative estimate of drug-likeness (QED) is 0.0963. The largest absolute Gasteiger partial charge is 0.445 e. The molecule has 0 saturated carbocycles. The molecule has 0 saturated heterocycles. The first kappa shape index (κ1) is 40.7. The van der Waals surface area contributed by atoms with Crippen molar-refractivity contribution in [2.75, 3.05) is 6.54 Å². The van der Waals surface area contributed by atoms with Crippen molar-refractivity contribution in [2.24, 2.45) is 11.8 Å². The van der Waals surface area contributed by atoms with Gasteiger partial charge in [0.15, 0.2) is 0 Å². The molecule has 0 heterocycles. The van der Waals surface area contributed by atoms with Gasteiger partial charge in [0.25, 0.3) is 0 Å². The lowest BCUT2D eigenvalue weighted by Gasteiger charge is -2.33. The number of alkyl carbamates (subject to hydrolysis) is 1. The zero-order chi connectivity index (χ0) is 37.2. The van der Waals surface area contributed by atoms with Crippen LogP contribution in [0.2, 0.25) is 0 Å². The van der Waals surface area contributed by atoms with E-state index in [0.717, 1.165) is 29.5 Å². The van der Waals surface area contributed by atoms with Crippen molar-refractivity contribution in [1.82, 2.24) is 26.6 Å². The second kappa shape index (κ2) is 21.5. The molecule has 4 amide bonds. The van der Waals surface area contributed by atoms with Gasteiger partial charge >= 0.3 is 6.09 Å². The number of ether oxygens (including phenoxy) is 1. The lowest BCUT2D eigenvalue weighted by Crippen LogP contribution is -2.63. The van der Waals surface area contributed by atoms with E-state index in [2.05, 4.69) is 26.6 Å². The number of amides is 4. The van der Waals surface area contributed by atoms with E-state index >= 15 is 0 Å². The minimum absolute atomic E-state index is 0.0380. The summed E-state index contributed by atoms with van der Waals surface area (Å²) in [5, 5.41) is 26.5. The molecule has 0 aliphatic carbocycles. The SMILES string of the molecule is CCCCN[C@@H](C(=O)N[C@H](C(=O)NCc1ccccc1)C(C)C)[C@@H](O)[C@H](Cc1ccccc1)NC(=O)[C@@H](NC(=O)OCc1ccccc1)C(C)C. The lowest BCUT2D eigenvalue weighted by atomic mass is 9.93. The molecule has 0 aromatic heterocycles. The molecule has 0 aliphatic heterocycles. The van der Waals surface area contributed by atoms with E-state index in [1.54, 1.807) is 13.8 Å². The number of carbonyl (C=O) groups excluding carboxylic acids is 4. The van der Waals surface area contributed by atoms with E-state index in [0.29, 0.717) is 13.1 Å². The van der Waals surface area contributed by atoms with Crippen LogP contribution in [0.3, 0.4) is 0 Å². The summed E-state index contributed by atoms with van der Waals surface area (Å²) >= 11 is 0. The average Bonchev–Trinajstić information content (AvgIpc) is 3.13. The molecule has 51 heavy (non-hydrogen) atoms. The molecule has 11 heteroatoms. The molecule has 11 nitrogen and oxygen atoms in total. The zero-order valence-corrected chi connectivity index (χ0v) is 30.4. The van der Waals surface area contributed by atoms with Crippen LogP contribution in [0.1, 0.15) is 64.2 Å². The van der Waals surface area contributed by atoms with Gasteiger partial charge in [0.05, 0.1) is 12.1 Å². The maximum atomic E-state index is 14.0. The number of benzene rings is 3. The third kappa shape index (κ3) is 13.8. The van der Waals surface area contributed by atoms with Crippen LogP contribution in [0.5, 0.6) is 0 Å². The molecule has 0 radical (unpaired) electrons. The van der Waals surface area contributed by atoms with Gasteiger partial charge < -0.3 is 36.4 Å². The van der Waals surface area contributed by atoms with Crippen molar-refractivity contribution in [2.45, 2.75) is 97.3 Å². The van der Waals surface area contributed by atoms with E-state index in [4.69, 9.17) is 4.74 Å². The monoisotopic (exact) mass is 701 g/mol. The Kier molecular flexibility index (Phi) is 17.1. The summed E-state index contributed by atoms with van der Waals surface area (Å²) in [7, 11) is 0. The molecular weight excluding hydrogens is 646 g/mol. The molecule has 5 atom stereocenters. The molecule has 0 unspecified atom stereocenters. The van der Waals surface area contributed by atoms with E-state index in [1.807, 2.05) is 112 Å². The fourth-order valence-corrected chi connectivity index (χ4v) is 5.53. The van der Waals surface area contributed by atoms with Crippen molar-refractivity contribution in [3.05, 3.63) is 108 Å². The van der Waals surface area contributed by atoms with E-state index in [1.165, 1.54) is 0 Å². The van der Waals surface area contributed by atoms with E-state index < -0.39 is 48.2 Å². The minimum Gasteiger partial charge on any atom is -0.445 e. The fraction of sp³-hybridized carbons (Fsp3) is 0.450. The summed E-state index contributed by atoms with van der Waals surface area (Å²) in [6.07, 6.45) is -0.385. The number of rotatable bonds is 20. The van der Waals surface area contributed by atoms with Gasteiger partial charge in [-0.2, -0.15) is 0 Å². The summed E-state index contributed by atoms with van der Waals surface area (Å²) in [4.78, 5) is 53.9. The Labute approximate surface area is 302 Å². The molecule has 3 aromatic carbocycles. The van der Waals surface area contributed by atoms with Crippen molar-refractivity contribution in [1.29, 1.82) is 0 Å². The zero-order valence-electron chi connectivity index (χ0n) is 30.4. The fourth-order valence-electron chi connectivity index (χ4n) is 5.53. The molecule has 0 spiro atoms. The normalized spacial score (nSPS) is 14.1. The number of nitrogens with one attached hydrogen (secondary N) is 5. The second-order valence-electron chi connectivity index (χ2n) is 13.4. The first-order chi connectivity index (χ1) is 24.5. The van der Waals surface area contributed by atoms with Gasteiger partial charge in [0, 0.05) is 6.54 Å². The highest BCUT2D eigenvalue weighted by atomic mass is 16.5. The minimum atomic E-state index is -1.41. The Morgan fingerprint density at radius 3 is 1.71 bits per heavy atom. The van der Waals surface area contributed by atoms with Gasteiger partial charge in [-0.25, -0.2) is 4.79 Å². The lowest BCUT2D eigenvalue weighted by molar-refractivity contribution is -0.134. The van der Waals surface area contributed by atoms with Crippen LogP contribution < -0.4 is 26.6 Å². The first-order valence-corrected chi connectivity index (χ1v) is 17.8. The van der Waals surface area contributed by atoms with Crippen LogP contribution in [0, 0.1) is 11.8 Å². The number of hydrogen-bond donors (Lipinski definition) is 6. The standard InChI is InChI=1S/C40H55N5O6/c1-6-7-23-41-35(39(49)44-33(27(2)3)37(47)42-25-30-19-13-9-14-20-30)36(46)32(24-29-17-11-8-12-18-29)43-38(48)34(28(4)5)45-40(50)51-26-31-21-15-10-16-22-31/h8-22,27-28,32-36,41,46H,6-7,23-26H2,1-5H3,(H,42,47)(H,43,48)(H,44,49)(H,45,50)/t32-,33-,34-,35+,36-/m0/s1. The van der Waals surface area contributed by atoms with E-state index in [9.17, 15) is 24.3 Å². The first-order valence-electron chi connectivity index (χ1n) is 17.8. The van der Waals surface area contributed by atoms with Gasteiger partial charge in [0.1, 0.15) is 24.7 Å². The molecular formula is C40H55N5O6. The Bertz CT molecular complexity index is 1490. The average molecular weight is 702 g/mol. The van der Waals surface area contributed by atoms with E-state index in [-0.39, 0.29) is 30.8 Å². The summed E-state index contributed by atoms with van der Waals surface area (Å²) in [5.41, 5.74) is 2.55. The number of aliphatic hydroxyl groups is 1. The second-order valence-corrected chi connectivity index (χ2v) is 13.4. The maximum absolute atomic E-state index is 14.0. The van der Waals surface area contributed by atoms with Crippen LogP contribution in [0.15, 0.2) is 91.0 Å². The number of unbranched alkanes of at least 4 members (excludes halogenated alkanes) is 1. The predicted octanol–water partition coefficient (Wildman–Crippen LogP) is 4.24. The molecule has 6 N–H and O–H groups in total. The summed E-state index contributed by atoms with van der Waals surface area (Å²) in [5.74, 6) is -2.02. The molecule has 0 bridgehead atoms. The van der Waals surface area contributed by atoms with Crippen LogP contribution in [0.25, 0.3) is 0 Å². The Hall–Kier alpha value is -4.74. The van der Waals surface area contributed by atoms with Gasteiger partial charge in [-0.05, 0) is 47.9 Å². The smallest absolute Gasteiger partial charge is 0.408 e. The van der Waals surface area contributed by atoms with Crippen LogP contribution in [-0.2, 0) is 38.7 Å². The highest BCUT2D eigenvalue weighted by Crippen LogP contribution is 2.14. The Balaban J connectivity index is 1.81. The molecule has 3 aromatic rings. The van der Waals surface area contributed by atoms with Crippen molar-refractivity contribution >= 4 is 23.8 Å². The summed E-state index contributed by atoms with van der Waals surface area (Å²) < 4.78 is 5.37. The Morgan fingerprint density at radius 2 is 1.16 bits per heavy atom. The number of hydrogen-bond acceptors (Lipinski definition) is 7. The third-order valence-corrected chi connectivity index (χ3v) is 8.55. The van der Waals surface area contributed by atoms with Crippen molar-refractivity contribution < 1.29 is 29.0 Å². The van der Waals surface area contributed by atoms with Crippen LogP contribution in [-0.4, -0.2) is 65.7 Å². The molecule has 276 valence electrons. The number of carbonyl (C=O) groups is 4. The number of aliphatic hydroxyl groups excluding tert-OH is 1. The highest BCUT2D eigenvalue weighted by Gasteiger charge is 2.37. The maximum Gasteiger partial charge on any atom is 0.408 e. The van der Waals surface area contributed by atoms with Gasteiger partial charge in [-0.3, -0.25) is 14.4 Å². The van der Waals surface area contributed by atoms with Crippen molar-refractivity contribution in [3.63, 3.8) is 0 Å². The molecule has 3 rings (SSSR count). The van der Waals surface area contributed by atoms with Crippen LogP contribution in [0.4, 0.5) is 4.79 Å². The molecule has 0 aliphatic rings.